The number of benzene rings is 12. The van der Waals surface area contributed by atoms with Crippen molar-refractivity contribution in [1.82, 2.24) is 19.9 Å². The molecule has 0 atom stereocenters. The number of anilines is 7. The van der Waals surface area contributed by atoms with E-state index in [0.29, 0.717) is 77.9 Å². The number of esters is 1. The Morgan fingerprint density at radius 2 is 0.659 bits per heavy atom. The topological polar surface area (TPSA) is 380 Å². The van der Waals surface area contributed by atoms with E-state index in [9.17, 15) is 46.1 Å². The summed E-state index contributed by atoms with van der Waals surface area (Å²) in [5.41, 5.74) is 30.9. The molecule has 0 fully saturated rings. The van der Waals surface area contributed by atoms with E-state index in [4.69, 9.17) is 77.1 Å². The van der Waals surface area contributed by atoms with Crippen LogP contribution in [0.4, 0.5) is 57.7 Å². The highest BCUT2D eigenvalue weighted by atomic mass is 35.5. The summed E-state index contributed by atoms with van der Waals surface area (Å²) < 4.78 is 74.9. The number of nitrogens with one attached hydrogen (secondary N) is 5. The Morgan fingerprint density at radius 3 is 0.906 bits per heavy atom. The Bertz CT molecular complexity index is 7350. The van der Waals surface area contributed by atoms with E-state index >= 15 is 0 Å². The Kier molecular flexibility index (Phi) is 35.3. The molecule has 4 aromatic heterocycles. The maximum absolute atomic E-state index is 12.3. The first kappa shape index (κ1) is 106. The van der Waals surface area contributed by atoms with Crippen LogP contribution in [0.1, 0.15) is 128 Å². The molecule has 0 spiro atoms. The molecule has 718 valence electrons. The maximum atomic E-state index is 12.3. The van der Waals surface area contributed by atoms with Crippen molar-refractivity contribution in [3.63, 3.8) is 0 Å². The summed E-state index contributed by atoms with van der Waals surface area (Å²) in [4.78, 5) is 75.7. The van der Waals surface area contributed by atoms with E-state index in [1.165, 1.54) is 64.4 Å². The van der Waals surface area contributed by atoms with Gasteiger partial charge >= 0.3 is 24.2 Å². The van der Waals surface area contributed by atoms with Crippen LogP contribution >= 0.6 is 91.8 Å². The minimum absolute atomic E-state index is 0. The predicted octanol–water partition coefficient (Wildman–Crippen LogP) is 27.9. The summed E-state index contributed by atoms with van der Waals surface area (Å²) in [6.07, 6.45) is 3.24. The molecule has 0 bridgehead atoms. The van der Waals surface area contributed by atoms with Gasteiger partial charge in [0.25, 0.3) is 5.69 Å². The molecule has 26 nitrogen and oxygen atoms in total. The number of rotatable bonds is 21. The van der Waals surface area contributed by atoms with E-state index < -0.39 is 60.1 Å². The molecule has 0 radical (unpaired) electrons. The lowest BCUT2D eigenvalue weighted by atomic mass is 9.98. The van der Waals surface area contributed by atoms with Gasteiger partial charge in [-0.1, -0.05) is 196 Å². The van der Waals surface area contributed by atoms with Gasteiger partial charge in [0.15, 0.2) is 20.5 Å². The lowest BCUT2D eigenvalue weighted by Crippen LogP contribution is -2.27. The molecule has 0 saturated carbocycles. The Balaban J connectivity index is 0.000000173. The van der Waals surface area contributed by atoms with E-state index in [-0.39, 0.29) is 19.1 Å². The Labute approximate surface area is 837 Å². The number of hydrogen-bond acceptors (Lipinski definition) is 24. The van der Waals surface area contributed by atoms with Gasteiger partial charge in [-0.25, -0.2) is 51.2 Å². The van der Waals surface area contributed by atoms with Crippen molar-refractivity contribution >= 4 is 220 Å². The average Bonchev–Trinajstić information content (AvgIpc) is 1.63. The van der Waals surface area contributed by atoms with Gasteiger partial charge in [-0.15, -0.1) is 0 Å². The number of carbonyl (C=O) groups is 4. The highest BCUT2D eigenvalue weighted by molar-refractivity contribution is 7.92. The number of sulfonamides is 2. The molecule has 0 unspecified atom stereocenters. The quantitative estimate of drug-likeness (QED) is 0.0115. The molecule has 138 heavy (non-hydrogen) atoms. The van der Waals surface area contributed by atoms with Crippen LogP contribution < -0.4 is 36.9 Å². The molecule has 3 amide bonds. The zero-order chi connectivity index (χ0) is 99.0. The predicted molar refractivity (Wildman–Crippen MR) is 568 cm³/mol. The van der Waals surface area contributed by atoms with Crippen LogP contribution in [0.25, 0.3) is 85.4 Å². The zero-order valence-corrected chi connectivity index (χ0v) is 84.6. The highest BCUT2D eigenvalue weighted by Crippen LogP contribution is 2.43. The number of thiazole rings is 4. The van der Waals surface area contributed by atoms with Gasteiger partial charge in [-0.3, -0.25) is 40.3 Å². The first-order valence-corrected chi connectivity index (χ1v) is 51.1. The fourth-order valence-electron chi connectivity index (χ4n) is 13.9. The Hall–Kier alpha value is -12.9. The number of nitrogen functional groups attached to an aromatic ring is 2. The molecule has 0 aliphatic rings. The highest BCUT2D eigenvalue weighted by Gasteiger charge is 2.25. The van der Waals surface area contributed by atoms with Crippen molar-refractivity contribution in [2.24, 2.45) is 0 Å². The van der Waals surface area contributed by atoms with Crippen molar-refractivity contribution in [1.29, 1.82) is 0 Å². The number of amides is 3. The first-order chi connectivity index (χ1) is 64.6. The molecule has 0 aliphatic heterocycles. The molecule has 4 heterocycles. The van der Waals surface area contributed by atoms with Crippen LogP contribution in [0.5, 0.6) is 0 Å². The second kappa shape index (κ2) is 46.1. The fraction of sp³-hybridized carbons (Fsp3) is 0.216. The van der Waals surface area contributed by atoms with Crippen LogP contribution in [0.3, 0.4) is 0 Å². The van der Waals surface area contributed by atoms with Gasteiger partial charge in [0, 0.05) is 78.5 Å². The third kappa shape index (κ3) is 32.1. The standard InChI is InChI=1S/C26H26ClN3O4S2.C25H22ClN3O4S.C25H24ClN3O2S.C21H18ClN3O2S2.C4H8O2.CH4/c1-26(2,3)34-25(31)29-24-28-23-21(18-6-5-7-19(27)15-18)13-17(14-22(23)35-24)12-16-8-10-20(11-9-16)30-36(4,32)33;1-25(2,3)33-24(30)28-23-27-22-20(17-5-4-6-18(26)14-17)12-16(13-21(22)34-23)11-15-7-9-19(10-8-15)29(31)32;1-25(2,3)31-24(30)29-23-28-22-20(17-5-4-6-18(26)14-17)12-16(13-21(22)32-23)11-15-7-9-19(27)10-8-15;1-29(26,27)25-17-7-5-13(6-8-17)9-14-10-18(15-3-2-4-16(22)12-15)20-19(11-14)28-21(23)24-20;1-3-6-4(2)5;/h5-11,13-15,30H,12H2,1-4H3,(H,28,29,31);4-10,12-14H,11H2,1-3H3,(H,27,28,30);4-10,12-14H,11,27H2,1-3H3,(H,28,29,30);2-8,10-12,25H,9H2,1H3,(H2,23,24);3H2,1-2H3;1H4. The van der Waals surface area contributed by atoms with E-state index in [1.54, 1.807) is 90.9 Å². The van der Waals surface area contributed by atoms with Crippen LogP contribution in [-0.4, -0.2) is 102 Å². The molecule has 16 aromatic rings. The lowest BCUT2D eigenvalue weighted by Gasteiger charge is -2.18. The summed E-state index contributed by atoms with van der Waals surface area (Å²) in [5, 5.41) is 23.6. The van der Waals surface area contributed by atoms with Crippen LogP contribution in [0.2, 0.25) is 20.1 Å². The molecule has 36 heteroatoms. The number of halogens is 4. The molecule has 0 aliphatic carbocycles. The van der Waals surface area contributed by atoms with Gasteiger partial charge < -0.3 is 30.4 Å². The van der Waals surface area contributed by atoms with Crippen LogP contribution in [-0.2, 0) is 69.5 Å². The number of fused-ring (bicyclic) bond motifs is 4. The number of carbonyl (C=O) groups excluding carboxylic acids is 4. The van der Waals surface area contributed by atoms with Crippen molar-refractivity contribution < 1.29 is 59.9 Å². The smallest absolute Gasteiger partial charge is 0.413 e. The second-order valence-corrected chi connectivity index (χ2v) is 43.8. The van der Waals surface area contributed by atoms with Gasteiger partial charge in [-0.05, 0) is 295 Å². The minimum Gasteiger partial charge on any atom is -0.466 e. The van der Waals surface area contributed by atoms with Crippen molar-refractivity contribution in [3.05, 3.63) is 317 Å². The number of hydrogen-bond donors (Lipinski definition) is 7. The second-order valence-electron chi connectivity index (χ2n) is 34.4. The summed E-state index contributed by atoms with van der Waals surface area (Å²) in [7, 11) is -6.62. The Morgan fingerprint density at radius 1 is 0.391 bits per heavy atom. The normalized spacial score (nSPS) is 11.4. The van der Waals surface area contributed by atoms with Crippen molar-refractivity contribution in [2.75, 3.05) is 56.0 Å². The monoisotopic (exact) mass is 2050 g/mol. The minimum atomic E-state index is -3.33. The van der Waals surface area contributed by atoms with Crippen molar-refractivity contribution in [3.8, 4) is 44.5 Å². The summed E-state index contributed by atoms with van der Waals surface area (Å²) in [6, 6.07) is 76.0. The summed E-state index contributed by atoms with van der Waals surface area (Å²) in [5.74, 6) is -0.211. The van der Waals surface area contributed by atoms with E-state index in [2.05, 4.69) is 75.4 Å². The summed E-state index contributed by atoms with van der Waals surface area (Å²) in [6.45, 7) is 19.9. The number of non-ortho nitro benzene ring substituents is 1. The molecule has 12 aromatic carbocycles. The molecule has 0 saturated heterocycles. The van der Waals surface area contributed by atoms with Gasteiger partial charge in [0.05, 0.1) is 64.9 Å². The maximum Gasteiger partial charge on any atom is 0.413 e. The number of ether oxygens (including phenoxy) is 4. The largest absolute Gasteiger partial charge is 0.466 e. The average molecular weight is 2050 g/mol. The number of nitro benzene ring substituents is 1. The molecule has 16 rings (SSSR count). The van der Waals surface area contributed by atoms with Gasteiger partial charge in [0.2, 0.25) is 20.0 Å². The SMILES string of the molecule is C.CC(C)(C)OC(=O)Nc1nc2c(-c3cccc(Cl)c3)cc(Cc3ccc(N)cc3)cc2s1.CC(C)(C)OC(=O)Nc1nc2c(-c3cccc(Cl)c3)cc(Cc3ccc(NS(C)(=O)=O)cc3)cc2s1.CC(C)(C)OC(=O)Nc1nc2c(-c3cccc(Cl)c3)cc(Cc3ccc([N+](=O)[O-])cc3)cc2s1.CCOC(C)=O.CS(=O)(=O)Nc1ccc(Cc2cc(-c3cccc(Cl)c3)c3nc(N)sc3c2)cc1. The van der Waals surface area contributed by atoms with E-state index in [0.717, 1.165) is 155 Å². The molecular formula is C102H102Cl4N12O14S6. The fourth-order valence-corrected chi connectivity index (χ4v) is 19.5. The van der Waals surface area contributed by atoms with Crippen molar-refractivity contribution in [2.45, 2.75) is 126 Å². The van der Waals surface area contributed by atoms with E-state index in [1.807, 2.05) is 178 Å². The third-order valence-corrected chi connectivity index (χ3v) is 25.0. The number of nitro groups is 1. The number of nitrogens with two attached hydrogens (primary N) is 2. The first-order valence-electron chi connectivity index (χ1n) is 42.5. The van der Waals surface area contributed by atoms with Gasteiger partial charge in [-0.2, -0.15) is 0 Å². The van der Waals surface area contributed by atoms with Crippen LogP contribution in [0, 0.1) is 10.1 Å². The number of nitrogens with zero attached hydrogens (tertiary/aromatic N) is 5. The zero-order valence-electron chi connectivity index (χ0n) is 76.7. The summed E-state index contributed by atoms with van der Waals surface area (Å²) >= 11 is 30.6. The van der Waals surface area contributed by atoms with Gasteiger partial charge in [0.1, 0.15) is 16.8 Å². The number of aromatic nitrogens is 4. The third-order valence-electron chi connectivity index (χ3n) is 19.2. The lowest BCUT2D eigenvalue weighted by molar-refractivity contribution is -0.384. The van der Waals surface area contributed by atoms with Crippen LogP contribution in [0.15, 0.2) is 243 Å². The molecular weight excluding hydrogens is 1950 g/mol. The molecule has 9 N–H and O–H groups in total.